The van der Waals surface area contributed by atoms with Crippen LogP contribution in [0.2, 0.25) is 0 Å². The first kappa shape index (κ1) is 21.0. The minimum Gasteiger partial charge on any atom is -0.376 e. The van der Waals surface area contributed by atoms with Gasteiger partial charge in [0.25, 0.3) is 0 Å². The smallest absolute Gasteiger partial charge is 0.376 e. The Labute approximate surface area is 150 Å². The van der Waals surface area contributed by atoms with Crippen molar-refractivity contribution < 1.29 is 17.9 Å². The molecule has 0 aromatic heterocycles. The number of alkyl halides is 3. The number of ether oxygens (including phenoxy) is 1. The molecule has 1 atom stereocenters. The van der Waals surface area contributed by atoms with E-state index in [0.29, 0.717) is 18.8 Å². The van der Waals surface area contributed by atoms with Crippen molar-refractivity contribution in [2.24, 2.45) is 5.92 Å². The molecule has 0 aromatic rings. The third kappa shape index (κ3) is 7.06. The number of hydrogen-bond acceptors (Lipinski definition) is 3. The largest absolute Gasteiger partial charge is 0.405 e. The number of piperazine rings is 1. The van der Waals surface area contributed by atoms with E-state index < -0.39 is 12.2 Å². The quantitative estimate of drug-likeness (QED) is 0.626. The monoisotopic (exact) mass is 364 g/mol. The molecule has 148 valence electrons. The van der Waals surface area contributed by atoms with Crippen LogP contribution in [0, 0.1) is 5.92 Å². The summed E-state index contributed by atoms with van der Waals surface area (Å²) in [6.07, 6.45) is 4.77. The summed E-state index contributed by atoms with van der Waals surface area (Å²) in [7, 11) is 1.58. The van der Waals surface area contributed by atoms with Gasteiger partial charge in [-0.1, -0.05) is 12.8 Å². The van der Waals surface area contributed by atoms with Crippen LogP contribution >= 0.6 is 0 Å². The molecule has 1 saturated carbocycles. The summed E-state index contributed by atoms with van der Waals surface area (Å²) < 4.78 is 45.0. The van der Waals surface area contributed by atoms with Crippen LogP contribution in [-0.2, 0) is 4.74 Å². The SMILES string of the molecule is CC(C)OC1CCC(CCCCN2CCN(C)[C@@H](C(F)(F)F)C2)CC1. The topological polar surface area (TPSA) is 15.7 Å². The third-order valence-corrected chi connectivity index (χ3v) is 5.71. The zero-order valence-electron chi connectivity index (χ0n) is 16.0. The number of halogens is 3. The highest BCUT2D eigenvalue weighted by atomic mass is 19.4. The van der Waals surface area contributed by atoms with E-state index in [2.05, 4.69) is 13.8 Å². The Balaban J connectivity index is 1.59. The number of hydrogen-bond donors (Lipinski definition) is 0. The lowest BCUT2D eigenvalue weighted by atomic mass is 9.84. The van der Waals surface area contributed by atoms with Crippen molar-refractivity contribution in [1.82, 2.24) is 9.80 Å². The second-order valence-electron chi connectivity index (χ2n) is 8.16. The fourth-order valence-corrected chi connectivity index (χ4v) is 4.20. The lowest BCUT2D eigenvalue weighted by molar-refractivity contribution is -0.193. The highest BCUT2D eigenvalue weighted by Gasteiger charge is 2.44. The molecule has 6 heteroatoms. The van der Waals surface area contributed by atoms with E-state index in [1.807, 2.05) is 4.90 Å². The van der Waals surface area contributed by atoms with Gasteiger partial charge in [-0.3, -0.25) is 4.90 Å². The summed E-state index contributed by atoms with van der Waals surface area (Å²) in [6.45, 7) is 6.36. The molecule has 0 spiro atoms. The molecule has 0 radical (unpaired) electrons. The van der Waals surface area contributed by atoms with Gasteiger partial charge in [0.15, 0.2) is 0 Å². The van der Waals surface area contributed by atoms with E-state index in [1.165, 1.54) is 24.2 Å². The van der Waals surface area contributed by atoms with Crippen molar-refractivity contribution in [2.75, 3.05) is 33.2 Å². The zero-order chi connectivity index (χ0) is 18.4. The molecule has 2 fully saturated rings. The Bertz CT molecular complexity index is 381. The first-order valence-electron chi connectivity index (χ1n) is 9.90. The van der Waals surface area contributed by atoms with Crippen LogP contribution in [0.4, 0.5) is 13.2 Å². The molecule has 0 unspecified atom stereocenters. The molecule has 1 aliphatic carbocycles. The maximum atomic E-state index is 13.0. The number of unbranched alkanes of at least 4 members (excludes halogenated alkanes) is 1. The highest BCUT2D eigenvalue weighted by molar-refractivity contribution is 4.85. The van der Waals surface area contributed by atoms with E-state index >= 15 is 0 Å². The Kier molecular flexibility index (Phi) is 8.02. The standard InChI is InChI=1S/C19H35F3N2O/c1-15(2)25-17-9-7-16(8-10-17)6-4-5-11-24-13-12-23(3)18(14-24)19(20,21)22/h15-18H,4-14H2,1-3H3/t16?,17?,18-/m1/s1. The summed E-state index contributed by atoms with van der Waals surface area (Å²) in [5.41, 5.74) is 0. The summed E-state index contributed by atoms with van der Waals surface area (Å²) in [6, 6.07) is -1.31. The maximum Gasteiger partial charge on any atom is 0.405 e. The van der Waals surface area contributed by atoms with Crippen molar-refractivity contribution in [2.45, 2.75) is 83.2 Å². The summed E-state index contributed by atoms with van der Waals surface area (Å²) in [4.78, 5) is 3.43. The van der Waals surface area contributed by atoms with Crippen LogP contribution < -0.4 is 0 Å². The molecule has 0 bridgehead atoms. The van der Waals surface area contributed by atoms with Crippen molar-refractivity contribution in [3.05, 3.63) is 0 Å². The Morgan fingerprint density at radius 2 is 1.72 bits per heavy atom. The third-order valence-electron chi connectivity index (χ3n) is 5.71. The lowest BCUT2D eigenvalue weighted by Gasteiger charge is -2.40. The second kappa shape index (κ2) is 9.56. The Morgan fingerprint density at radius 3 is 2.32 bits per heavy atom. The molecule has 1 aliphatic heterocycles. The maximum absolute atomic E-state index is 13.0. The molecule has 3 nitrogen and oxygen atoms in total. The van der Waals surface area contributed by atoms with Gasteiger partial charge >= 0.3 is 6.18 Å². The van der Waals surface area contributed by atoms with Crippen molar-refractivity contribution in [3.63, 3.8) is 0 Å². The van der Waals surface area contributed by atoms with E-state index in [0.717, 1.165) is 44.7 Å². The van der Waals surface area contributed by atoms with Crippen LogP contribution in [0.3, 0.4) is 0 Å². The highest BCUT2D eigenvalue weighted by Crippen LogP contribution is 2.31. The molecule has 0 N–H and O–H groups in total. The second-order valence-corrected chi connectivity index (χ2v) is 8.16. The summed E-state index contributed by atoms with van der Waals surface area (Å²) in [5, 5.41) is 0. The predicted octanol–water partition coefficient (Wildman–Crippen LogP) is 4.32. The van der Waals surface area contributed by atoms with Crippen molar-refractivity contribution in [1.29, 1.82) is 0 Å². The number of rotatable bonds is 7. The summed E-state index contributed by atoms with van der Waals surface area (Å²) >= 11 is 0. The fourth-order valence-electron chi connectivity index (χ4n) is 4.20. The lowest BCUT2D eigenvalue weighted by Crippen LogP contribution is -2.57. The molecule has 25 heavy (non-hydrogen) atoms. The normalized spacial score (nSPS) is 30.1. The van der Waals surface area contributed by atoms with Gasteiger partial charge in [-0.15, -0.1) is 0 Å². The Hall–Kier alpha value is -0.330. The van der Waals surface area contributed by atoms with Gasteiger partial charge in [0, 0.05) is 19.6 Å². The molecule has 2 rings (SSSR count). The van der Waals surface area contributed by atoms with Gasteiger partial charge in [-0.05, 0) is 65.5 Å². The average Bonchev–Trinajstić information content (AvgIpc) is 2.53. The van der Waals surface area contributed by atoms with Gasteiger partial charge in [-0.2, -0.15) is 13.2 Å². The molecular weight excluding hydrogens is 329 g/mol. The van der Waals surface area contributed by atoms with E-state index in [1.54, 1.807) is 7.05 Å². The van der Waals surface area contributed by atoms with Crippen LogP contribution in [0.1, 0.15) is 58.8 Å². The fraction of sp³-hybridized carbons (Fsp3) is 1.00. The van der Waals surface area contributed by atoms with E-state index in [9.17, 15) is 13.2 Å². The van der Waals surface area contributed by atoms with Crippen LogP contribution in [0.15, 0.2) is 0 Å². The van der Waals surface area contributed by atoms with Gasteiger partial charge in [0.2, 0.25) is 0 Å². The molecular formula is C19H35F3N2O. The molecule has 0 aromatic carbocycles. The van der Waals surface area contributed by atoms with Gasteiger partial charge in [0.1, 0.15) is 6.04 Å². The first-order valence-corrected chi connectivity index (χ1v) is 9.90. The molecule has 0 amide bonds. The minimum atomic E-state index is -4.12. The Morgan fingerprint density at radius 1 is 1.04 bits per heavy atom. The van der Waals surface area contributed by atoms with Crippen LogP contribution in [-0.4, -0.2) is 67.5 Å². The molecule has 2 aliphatic rings. The molecule has 1 heterocycles. The van der Waals surface area contributed by atoms with Gasteiger partial charge in [0.05, 0.1) is 12.2 Å². The predicted molar refractivity (Wildman–Crippen MR) is 94.7 cm³/mol. The van der Waals surface area contributed by atoms with Crippen LogP contribution in [0.5, 0.6) is 0 Å². The van der Waals surface area contributed by atoms with Gasteiger partial charge in [-0.25, -0.2) is 0 Å². The molecule has 1 saturated heterocycles. The van der Waals surface area contributed by atoms with E-state index in [-0.39, 0.29) is 6.54 Å². The van der Waals surface area contributed by atoms with Crippen LogP contribution in [0.25, 0.3) is 0 Å². The first-order chi connectivity index (χ1) is 11.8. The average molecular weight is 364 g/mol. The van der Waals surface area contributed by atoms with Gasteiger partial charge < -0.3 is 9.64 Å². The number of likely N-dealkylation sites (N-methyl/N-ethyl adjacent to an activating group) is 1. The van der Waals surface area contributed by atoms with Crippen molar-refractivity contribution in [3.8, 4) is 0 Å². The summed E-state index contributed by atoms with van der Waals surface area (Å²) in [5.74, 6) is 0.780. The zero-order valence-corrected chi connectivity index (χ0v) is 16.0. The minimum absolute atomic E-state index is 0.123. The number of nitrogens with zero attached hydrogens (tertiary/aromatic N) is 2. The van der Waals surface area contributed by atoms with Crippen molar-refractivity contribution >= 4 is 0 Å². The van der Waals surface area contributed by atoms with E-state index in [4.69, 9.17) is 4.74 Å².